The highest BCUT2D eigenvalue weighted by molar-refractivity contribution is 9.10. The van der Waals surface area contributed by atoms with Gasteiger partial charge in [0.05, 0.1) is 12.4 Å². The third-order valence-electron chi connectivity index (χ3n) is 2.72. The van der Waals surface area contributed by atoms with Crippen LogP contribution in [0.3, 0.4) is 0 Å². The van der Waals surface area contributed by atoms with Gasteiger partial charge < -0.3 is 9.68 Å². The van der Waals surface area contributed by atoms with Crippen molar-refractivity contribution in [3.63, 3.8) is 0 Å². The smallest absolute Gasteiger partial charge is 0.120 e. The Hall–Kier alpha value is -1.66. The predicted octanol–water partition coefficient (Wildman–Crippen LogP) is 5.00. The Bertz CT molecular complexity index is 618. The van der Waals surface area contributed by atoms with Gasteiger partial charge in [-0.2, -0.15) is 0 Å². The van der Waals surface area contributed by atoms with E-state index in [4.69, 9.17) is 9.68 Å². The molecule has 0 saturated carbocycles. The number of rotatable bonds is 8. The first-order valence-corrected chi connectivity index (χ1v) is 8.64. The lowest BCUT2D eigenvalue weighted by molar-refractivity contribution is 0.0914. The van der Waals surface area contributed by atoms with Crippen LogP contribution >= 0.6 is 31.9 Å². The third-order valence-corrected chi connectivity index (χ3v) is 3.71. The Morgan fingerprint density at radius 2 is 1.26 bits per heavy atom. The molecule has 0 aliphatic carbocycles. The molecule has 0 fully saturated rings. The van der Waals surface area contributed by atoms with Crippen molar-refractivity contribution in [2.75, 3.05) is 13.2 Å². The van der Waals surface area contributed by atoms with Gasteiger partial charge in [0.25, 0.3) is 0 Å². The molecule has 0 N–H and O–H groups in total. The number of oxime groups is 2. The van der Waals surface area contributed by atoms with Crippen LogP contribution in [0, 0.1) is 0 Å². The molecule has 120 valence electrons. The molecule has 23 heavy (non-hydrogen) atoms. The van der Waals surface area contributed by atoms with Crippen LogP contribution in [0.25, 0.3) is 0 Å². The van der Waals surface area contributed by atoms with Crippen LogP contribution in [-0.2, 0) is 9.68 Å². The Morgan fingerprint density at radius 3 is 1.70 bits per heavy atom. The Morgan fingerprint density at radius 1 is 0.783 bits per heavy atom. The summed E-state index contributed by atoms with van der Waals surface area (Å²) in [7, 11) is 0. The summed E-state index contributed by atoms with van der Waals surface area (Å²) in [6.07, 6.45) is 4.07. The van der Waals surface area contributed by atoms with Crippen LogP contribution < -0.4 is 0 Å². The van der Waals surface area contributed by atoms with Crippen LogP contribution in [-0.4, -0.2) is 25.6 Å². The fraction of sp³-hybridized carbons (Fsp3) is 0.176. The van der Waals surface area contributed by atoms with Crippen LogP contribution in [0.15, 0.2) is 67.8 Å². The molecule has 0 aromatic heterocycles. The van der Waals surface area contributed by atoms with Crippen molar-refractivity contribution in [3.05, 3.63) is 68.6 Å². The van der Waals surface area contributed by atoms with Gasteiger partial charge in [0.1, 0.15) is 13.2 Å². The van der Waals surface area contributed by atoms with Gasteiger partial charge in [-0.1, -0.05) is 66.4 Å². The minimum Gasteiger partial charge on any atom is -0.396 e. The third kappa shape index (κ3) is 7.43. The molecule has 0 radical (unpaired) electrons. The van der Waals surface area contributed by atoms with Gasteiger partial charge in [0.2, 0.25) is 0 Å². The predicted molar refractivity (Wildman–Crippen MR) is 100.0 cm³/mol. The molecule has 0 aliphatic heterocycles. The highest BCUT2D eigenvalue weighted by atomic mass is 79.9. The molecule has 0 heterocycles. The minimum absolute atomic E-state index is 0.483. The zero-order valence-electron chi connectivity index (χ0n) is 12.4. The van der Waals surface area contributed by atoms with E-state index in [1.54, 1.807) is 12.4 Å². The summed E-state index contributed by atoms with van der Waals surface area (Å²) < 4.78 is 2.02. The Kier molecular flexibility index (Phi) is 7.83. The van der Waals surface area contributed by atoms with E-state index in [2.05, 4.69) is 42.2 Å². The SMILES string of the molecule is Brc1cccc(C=NOCCCON=Cc2cccc(Br)c2)c1. The van der Waals surface area contributed by atoms with Crippen LogP contribution in [0.1, 0.15) is 17.5 Å². The van der Waals surface area contributed by atoms with Gasteiger partial charge in [0.15, 0.2) is 0 Å². The topological polar surface area (TPSA) is 43.2 Å². The first-order valence-electron chi connectivity index (χ1n) is 7.06. The second-order valence-corrected chi connectivity index (χ2v) is 6.43. The van der Waals surface area contributed by atoms with E-state index >= 15 is 0 Å². The second kappa shape index (κ2) is 10.2. The zero-order valence-corrected chi connectivity index (χ0v) is 15.5. The Balaban J connectivity index is 1.57. The van der Waals surface area contributed by atoms with Crippen molar-refractivity contribution in [2.45, 2.75) is 6.42 Å². The van der Waals surface area contributed by atoms with Crippen molar-refractivity contribution in [2.24, 2.45) is 10.3 Å². The summed E-state index contributed by atoms with van der Waals surface area (Å²) in [5.41, 5.74) is 1.96. The normalized spacial score (nSPS) is 11.2. The molecule has 0 unspecified atom stereocenters. The summed E-state index contributed by atoms with van der Waals surface area (Å²) in [6, 6.07) is 15.7. The molecular weight excluding hydrogens is 424 g/mol. The van der Waals surface area contributed by atoms with E-state index in [1.807, 2.05) is 48.5 Å². The molecule has 0 amide bonds. The van der Waals surface area contributed by atoms with Crippen LogP contribution in [0.2, 0.25) is 0 Å². The van der Waals surface area contributed by atoms with Gasteiger partial charge in [-0.25, -0.2) is 0 Å². The van der Waals surface area contributed by atoms with Crippen molar-refractivity contribution in [1.29, 1.82) is 0 Å². The standard InChI is InChI=1S/C17H16Br2N2O2/c18-16-6-1-4-14(10-16)12-20-22-8-3-9-23-21-13-15-5-2-7-17(19)11-15/h1-2,4-7,10-13H,3,8-9H2. The van der Waals surface area contributed by atoms with Crippen molar-refractivity contribution in [3.8, 4) is 0 Å². The number of hydrogen-bond donors (Lipinski definition) is 0. The summed E-state index contributed by atoms with van der Waals surface area (Å²) >= 11 is 6.81. The fourth-order valence-corrected chi connectivity index (χ4v) is 2.50. The van der Waals surface area contributed by atoms with Crippen molar-refractivity contribution in [1.82, 2.24) is 0 Å². The number of nitrogens with zero attached hydrogens (tertiary/aromatic N) is 2. The van der Waals surface area contributed by atoms with Crippen LogP contribution in [0.5, 0.6) is 0 Å². The summed E-state index contributed by atoms with van der Waals surface area (Å²) in [6.45, 7) is 0.966. The monoisotopic (exact) mass is 438 g/mol. The van der Waals surface area contributed by atoms with Gasteiger partial charge in [-0.3, -0.25) is 0 Å². The van der Waals surface area contributed by atoms with E-state index < -0.39 is 0 Å². The Labute approximate surface area is 152 Å². The van der Waals surface area contributed by atoms with E-state index in [9.17, 15) is 0 Å². The van der Waals surface area contributed by atoms with Gasteiger partial charge in [-0.05, 0) is 35.4 Å². The van der Waals surface area contributed by atoms with Gasteiger partial charge >= 0.3 is 0 Å². The maximum atomic E-state index is 5.17. The summed E-state index contributed by atoms with van der Waals surface area (Å²) in [5.74, 6) is 0. The molecule has 2 aromatic carbocycles. The fourth-order valence-electron chi connectivity index (χ4n) is 1.66. The number of halogens is 2. The first kappa shape index (κ1) is 17.7. The second-order valence-electron chi connectivity index (χ2n) is 4.60. The average molecular weight is 440 g/mol. The molecule has 0 bridgehead atoms. The number of benzene rings is 2. The maximum absolute atomic E-state index is 5.17. The van der Waals surface area contributed by atoms with E-state index in [0.29, 0.717) is 19.6 Å². The highest BCUT2D eigenvalue weighted by Crippen LogP contribution is 2.10. The number of hydrogen-bond acceptors (Lipinski definition) is 4. The molecule has 6 heteroatoms. The molecule has 0 spiro atoms. The molecular formula is C17H16Br2N2O2. The van der Waals surface area contributed by atoms with Crippen molar-refractivity contribution >= 4 is 44.3 Å². The molecule has 2 aromatic rings. The quantitative estimate of drug-likeness (QED) is 0.330. The highest BCUT2D eigenvalue weighted by Gasteiger charge is 1.92. The zero-order chi connectivity index (χ0) is 16.3. The minimum atomic E-state index is 0.483. The van der Waals surface area contributed by atoms with Crippen LogP contribution in [0.4, 0.5) is 0 Å². The van der Waals surface area contributed by atoms with E-state index in [-0.39, 0.29) is 0 Å². The molecule has 0 atom stereocenters. The van der Waals surface area contributed by atoms with E-state index in [1.165, 1.54) is 0 Å². The molecule has 2 rings (SSSR count). The van der Waals surface area contributed by atoms with E-state index in [0.717, 1.165) is 20.1 Å². The first-order chi connectivity index (χ1) is 11.2. The molecule has 0 saturated heterocycles. The largest absolute Gasteiger partial charge is 0.396 e. The lowest BCUT2D eigenvalue weighted by Crippen LogP contribution is -1.95. The van der Waals surface area contributed by atoms with Gasteiger partial charge in [0, 0.05) is 15.4 Å². The average Bonchev–Trinajstić information content (AvgIpc) is 2.53. The summed E-state index contributed by atoms with van der Waals surface area (Å²) in [5, 5.41) is 7.83. The molecule has 4 nitrogen and oxygen atoms in total. The van der Waals surface area contributed by atoms with Gasteiger partial charge in [-0.15, -0.1) is 0 Å². The summed E-state index contributed by atoms with van der Waals surface area (Å²) in [4.78, 5) is 10.3. The maximum Gasteiger partial charge on any atom is 0.120 e. The van der Waals surface area contributed by atoms with Crippen molar-refractivity contribution < 1.29 is 9.68 Å². The lowest BCUT2D eigenvalue weighted by Gasteiger charge is -1.99. The lowest BCUT2D eigenvalue weighted by atomic mass is 10.2. The molecule has 0 aliphatic rings.